The minimum atomic E-state index is -1.37. The van der Waals surface area contributed by atoms with Crippen molar-refractivity contribution in [3.8, 4) is 0 Å². The molecule has 6 atom stereocenters. The topological polar surface area (TPSA) is 357 Å². The standard InChI is InChI=1S/C74H137N11O18/c1-13-16-19-21-24-75-68(91)54-59(67(90)53-61(73(96)80-27-31-85(10)35-33-83(7)8)50-65(88)51-62(74(97)78-23-18-15-3)56-70(93)76-26-30-84(9)34-32-82(5)6)48-64(87)49-60(72(95)79-25-22-20-17-14-2)52-66(89)58(55-69(92)77-28-36-100-42-44-102-40-38-98-11)47-63(86)46-57(4)71(94)81-29-37-101-43-45-103-41-39-99-12/h57-62H,13-56H2,1-12H3,(H,75,91)(H,76,93)(H,77,92)(H,78,97)(H,79,95)(H,80,96)(H,81,94). The molecule has 6 unspecified atom stereocenters. The molecule has 0 aliphatic heterocycles. The van der Waals surface area contributed by atoms with Gasteiger partial charge in [-0.1, -0.05) is 72.6 Å². The zero-order valence-corrected chi connectivity index (χ0v) is 65.2. The number of carbonyl (C=O) groups is 12. The van der Waals surface area contributed by atoms with Gasteiger partial charge in [-0.15, -0.1) is 0 Å². The van der Waals surface area contributed by atoms with Gasteiger partial charge in [0.05, 0.1) is 83.8 Å². The molecule has 0 radical (unpaired) electrons. The fraction of sp³-hybridized carbons (Fsp3) is 0.838. The highest BCUT2D eigenvalue weighted by molar-refractivity contribution is 5.99. The second-order valence-corrected chi connectivity index (χ2v) is 27.5. The summed E-state index contributed by atoms with van der Waals surface area (Å²) in [6, 6.07) is 0. The third-order valence-electron chi connectivity index (χ3n) is 17.3. The zero-order chi connectivity index (χ0) is 77.0. The number of hydrogen-bond donors (Lipinski definition) is 7. The Morgan fingerprint density at radius 3 is 1.02 bits per heavy atom. The number of ketones is 5. The van der Waals surface area contributed by atoms with Crippen molar-refractivity contribution in [1.29, 1.82) is 0 Å². The Labute approximate surface area is 616 Å². The lowest BCUT2D eigenvalue weighted by molar-refractivity contribution is -0.138. The van der Waals surface area contributed by atoms with Gasteiger partial charge in [0.25, 0.3) is 0 Å². The Morgan fingerprint density at radius 1 is 0.291 bits per heavy atom. The van der Waals surface area contributed by atoms with E-state index >= 15 is 4.79 Å². The van der Waals surface area contributed by atoms with E-state index in [-0.39, 0.29) is 78.6 Å². The number of unbranched alkanes of at least 4 members (excludes halogenated alkanes) is 7. The largest absolute Gasteiger partial charge is 0.382 e. The maximum absolute atomic E-state index is 15.0. The summed E-state index contributed by atoms with van der Waals surface area (Å²) in [4.78, 5) is 178. The molecule has 596 valence electrons. The van der Waals surface area contributed by atoms with Gasteiger partial charge in [0.1, 0.15) is 28.9 Å². The number of ether oxygens (including phenoxy) is 6. The maximum atomic E-state index is 15.0. The molecule has 0 bridgehead atoms. The van der Waals surface area contributed by atoms with Crippen LogP contribution in [0.3, 0.4) is 0 Å². The first-order chi connectivity index (χ1) is 49.3. The molecule has 0 saturated carbocycles. The molecular formula is C74H137N11O18. The molecule has 0 aromatic rings. The van der Waals surface area contributed by atoms with E-state index in [4.69, 9.17) is 28.4 Å². The third kappa shape index (κ3) is 54.5. The van der Waals surface area contributed by atoms with Gasteiger partial charge in [0.15, 0.2) is 0 Å². The van der Waals surface area contributed by atoms with Gasteiger partial charge in [-0.2, -0.15) is 0 Å². The fourth-order valence-electron chi connectivity index (χ4n) is 10.8. The second-order valence-electron chi connectivity index (χ2n) is 27.5. The monoisotopic (exact) mass is 1470 g/mol. The molecule has 0 spiro atoms. The van der Waals surface area contributed by atoms with E-state index in [1.165, 1.54) is 0 Å². The van der Waals surface area contributed by atoms with Crippen LogP contribution in [0.1, 0.15) is 163 Å². The molecule has 0 aliphatic carbocycles. The van der Waals surface area contributed by atoms with Gasteiger partial charge in [-0.05, 0) is 61.5 Å². The van der Waals surface area contributed by atoms with Crippen molar-refractivity contribution < 1.29 is 86.0 Å². The highest BCUT2D eigenvalue weighted by Crippen LogP contribution is 2.26. The lowest BCUT2D eigenvalue weighted by Gasteiger charge is -2.23. The van der Waals surface area contributed by atoms with Crippen LogP contribution in [0.4, 0.5) is 0 Å². The van der Waals surface area contributed by atoms with Gasteiger partial charge in [0.2, 0.25) is 41.4 Å². The van der Waals surface area contributed by atoms with E-state index in [0.717, 1.165) is 64.6 Å². The lowest BCUT2D eigenvalue weighted by Crippen LogP contribution is -2.41. The predicted octanol–water partition coefficient (Wildman–Crippen LogP) is 2.96. The first-order valence-corrected chi connectivity index (χ1v) is 37.8. The number of Topliss-reactive ketones (excluding diaryl/α,β-unsaturated/α-hetero) is 5. The Kier molecular flexibility index (Phi) is 60.0. The van der Waals surface area contributed by atoms with Crippen LogP contribution in [0.5, 0.6) is 0 Å². The molecule has 0 rings (SSSR count). The molecule has 0 heterocycles. The van der Waals surface area contributed by atoms with Crippen LogP contribution in [0.15, 0.2) is 0 Å². The van der Waals surface area contributed by atoms with Crippen LogP contribution in [0.25, 0.3) is 0 Å². The Balaban J connectivity index is 7.37. The normalized spacial score (nSPS) is 13.2. The maximum Gasteiger partial charge on any atom is 0.224 e. The molecule has 0 aromatic heterocycles. The molecule has 103 heavy (non-hydrogen) atoms. The summed E-state index contributed by atoms with van der Waals surface area (Å²) in [6.07, 6.45) is 2.57. The van der Waals surface area contributed by atoms with Gasteiger partial charge >= 0.3 is 0 Å². The van der Waals surface area contributed by atoms with E-state index in [1.807, 2.05) is 77.8 Å². The van der Waals surface area contributed by atoms with E-state index in [0.29, 0.717) is 85.0 Å². The number of methoxy groups -OCH3 is 2. The summed E-state index contributed by atoms with van der Waals surface area (Å²) in [5, 5.41) is 19.8. The van der Waals surface area contributed by atoms with Crippen LogP contribution in [0, 0.1) is 35.5 Å². The lowest BCUT2D eigenvalue weighted by atomic mass is 9.82. The number of nitrogens with zero attached hydrogens (tertiary/aromatic N) is 4. The summed E-state index contributed by atoms with van der Waals surface area (Å²) >= 11 is 0. The van der Waals surface area contributed by atoms with Gasteiger partial charge < -0.3 is 85.2 Å². The number of amides is 7. The van der Waals surface area contributed by atoms with E-state index in [9.17, 15) is 52.7 Å². The fourth-order valence-corrected chi connectivity index (χ4v) is 10.8. The highest BCUT2D eigenvalue weighted by atomic mass is 16.5. The van der Waals surface area contributed by atoms with Crippen LogP contribution < -0.4 is 37.2 Å². The minimum Gasteiger partial charge on any atom is -0.382 e. The summed E-state index contributed by atoms with van der Waals surface area (Å²) in [7, 11) is 14.8. The first kappa shape index (κ1) is 97.2. The van der Waals surface area contributed by atoms with Crippen LogP contribution in [-0.2, 0) is 86.0 Å². The van der Waals surface area contributed by atoms with E-state index < -0.39 is 164 Å². The molecular weight excluding hydrogens is 1330 g/mol. The SMILES string of the molecule is CCCCCCNC(=O)CC(CC(=O)CC(CC(=O)C(CC(=O)CC(C)C(=O)NCCOCCOCCOC)CC(=O)NCCOCCOCCOC)C(=O)NCCCCCC)C(=O)CC(CC(=O)CC(CC(=O)NCCN(C)CCN(C)C)C(=O)NCCCC)C(=O)NCCN(C)CCN(C)C. The van der Waals surface area contributed by atoms with Crippen LogP contribution >= 0.6 is 0 Å². The van der Waals surface area contributed by atoms with Crippen molar-refractivity contribution in [3.63, 3.8) is 0 Å². The number of nitrogens with one attached hydrogen (secondary N) is 7. The quantitative estimate of drug-likeness (QED) is 0.0430. The summed E-state index contributed by atoms with van der Waals surface area (Å²) in [5.74, 6) is -14.3. The molecule has 0 fully saturated rings. The second kappa shape index (κ2) is 63.5. The summed E-state index contributed by atoms with van der Waals surface area (Å²) < 4.78 is 31.9. The Hall–Kier alpha value is -5.76. The average Bonchev–Trinajstić information content (AvgIpc) is 0.865. The van der Waals surface area contributed by atoms with E-state index in [2.05, 4.69) is 42.1 Å². The molecule has 0 saturated heterocycles. The van der Waals surface area contributed by atoms with Crippen molar-refractivity contribution in [3.05, 3.63) is 0 Å². The van der Waals surface area contributed by atoms with Gasteiger partial charge in [-0.3, -0.25) is 57.5 Å². The Morgan fingerprint density at radius 2 is 0.602 bits per heavy atom. The number of hydrogen-bond acceptors (Lipinski definition) is 22. The van der Waals surface area contributed by atoms with Crippen LogP contribution in [-0.4, -0.2) is 298 Å². The third-order valence-corrected chi connectivity index (χ3v) is 17.3. The number of rotatable bonds is 71. The average molecular weight is 1470 g/mol. The predicted molar refractivity (Wildman–Crippen MR) is 396 cm³/mol. The van der Waals surface area contributed by atoms with Crippen molar-refractivity contribution in [1.82, 2.24) is 56.8 Å². The molecule has 7 N–H and O–H groups in total. The van der Waals surface area contributed by atoms with Gasteiger partial charge in [-0.25, -0.2) is 0 Å². The van der Waals surface area contributed by atoms with Crippen LogP contribution in [0.2, 0.25) is 0 Å². The number of carbonyl (C=O) groups excluding carboxylic acids is 12. The van der Waals surface area contributed by atoms with Gasteiger partial charge in [0, 0.05) is 188 Å². The summed E-state index contributed by atoms with van der Waals surface area (Å²) in [5.41, 5.74) is 0. The molecule has 29 heteroatoms. The first-order valence-electron chi connectivity index (χ1n) is 37.8. The highest BCUT2D eigenvalue weighted by Gasteiger charge is 2.36. The molecule has 0 aromatic carbocycles. The number of likely N-dealkylation sites (N-methyl/N-ethyl adjacent to an activating group) is 4. The Bertz CT molecular complexity index is 2390. The van der Waals surface area contributed by atoms with Crippen molar-refractivity contribution in [2.75, 3.05) is 208 Å². The van der Waals surface area contributed by atoms with E-state index in [1.54, 1.807) is 21.1 Å². The molecule has 0 aliphatic rings. The van der Waals surface area contributed by atoms with Crippen molar-refractivity contribution in [2.45, 2.75) is 163 Å². The smallest absolute Gasteiger partial charge is 0.224 e. The zero-order valence-electron chi connectivity index (χ0n) is 65.2. The van der Waals surface area contributed by atoms with Crippen molar-refractivity contribution >= 4 is 70.3 Å². The summed E-state index contributed by atoms with van der Waals surface area (Å²) in [6.45, 7) is 16.0. The molecule has 29 nitrogen and oxygen atoms in total. The minimum absolute atomic E-state index is 0.0492. The molecule has 7 amide bonds. The van der Waals surface area contributed by atoms with Crippen molar-refractivity contribution in [2.24, 2.45) is 35.5 Å².